The molecular weight excluding hydrogens is 292 g/mol. The van der Waals surface area contributed by atoms with E-state index in [0.717, 1.165) is 17.9 Å². The number of amides is 1. The standard InChI is InChI=1S/C17H26N4O2/c1-10(2)16-15(14(6)20-23-16)17(22)18-8-11(3)9-21-13(5)7-12(4)19-21/h7,10-11H,8-9H2,1-6H3,(H,18,22)/t11-/m0/s1. The molecule has 23 heavy (non-hydrogen) atoms. The Morgan fingerprint density at radius 1 is 1.30 bits per heavy atom. The Kier molecular flexibility index (Phi) is 5.23. The maximum atomic E-state index is 12.4. The summed E-state index contributed by atoms with van der Waals surface area (Å²) >= 11 is 0. The van der Waals surface area contributed by atoms with Gasteiger partial charge < -0.3 is 9.84 Å². The molecule has 0 saturated carbocycles. The summed E-state index contributed by atoms with van der Waals surface area (Å²) in [5, 5.41) is 11.4. The van der Waals surface area contributed by atoms with Gasteiger partial charge in [0.1, 0.15) is 5.56 Å². The highest BCUT2D eigenvalue weighted by atomic mass is 16.5. The highest BCUT2D eigenvalue weighted by Gasteiger charge is 2.22. The number of aryl methyl sites for hydroxylation is 3. The van der Waals surface area contributed by atoms with Crippen LogP contribution in [0, 0.1) is 26.7 Å². The van der Waals surface area contributed by atoms with Crippen LogP contribution in [0.25, 0.3) is 0 Å². The molecule has 2 rings (SSSR count). The zero-order chi connectivity index (χ0) is 17.1. The largest absolute Gasteiger partial charge is 0.360 e. The van der Waals surface area contributed by atoms with Crippen molar-refractivity contribution < 1.29 is 9.32 Å². The molecule has 0 radical (unpaired) electrons. The molecule has 1 atom stereocenters. The Hall–Kier alpha value is -2.11. The second-order valence-electron chi connectivity index (χ2n) is 6.59. The first-order valence-electron chi connectivity index (χ1n) is 8.05. The van der Waals surface area contributed by atoms with Crippen LogP contribution in [0.5, 0.6) is 0 Å². The first-order valence-corrected chi connectivity index (χ1v) is 8.05. The average Bonchev–Trinajstić information content (AvgIpc) is 2.99. The van der Waals surface area contributed by atoms with Crippen molar-refractivity contribution in [2.24, 2.45) is 5.92 Å². The fraction of sp³-hybridized carbons (Fsp3) is 0.588. The van der Waals surface area contributed by atoms with Gasteiger partial charge >= 0.3 is 0 Å². The van der Waals surface area contributed by atoms with Gasteiger partial charge in [0.05, 0.1) is 11.4 Å². The summed E-state index contributed by atoms with van der Waals surface area (Å²) in [5.41, 5.74) is 3.36. The van der Waals surface area contributed by atoms with Gasteiger partial charge in [0.15, 0.2) is 5.76 Å². The molecule has 1 N–H and O–H groups in total. The van der Waals surface area contributed by atoms with E-state index in [1.165, 1.54) is 0 Å². The lowest BCUT2D eigenvalue weighted by Crippen LogP contribution is -2.31. The van der Waals surface area contributed by atoms with Crippen LogP contribution in [-0.2, 0) is 6.54 Å². The van der Waals surface area contributed by atoms with Crippen molar-refractivity contribution in [2.75, 3.05) is 6.54 Å². The minimum absolute atomic E-state index is 0.118. The molecule has 1 amide bonds. The summed E-state index contributed by atoms with van der Waals surface area (Å²) in [6.07, 6.45) is 0. The van der Waals surface area contributed by atoms with E-state index < -0.39 is 0 Å². The van der Waals surface area contributed by atoms with Gasteiger partial charge in [-0.05, 0) is 32.8 Å². The van der Waals surface area contributed by atoms with Crippen molar-refractivity contribution in [3.8, 4) is 0 Å². The van der Waals surface area contributed by atoms with Gasteiger partial charge in [-0.25, -0.2) is 0 Å². The van der Waals surface area contributed by atoms with Crippen molar-refractivity contribution >= 4 is 5.91 Å². The highest BCUT2D eigenvalue weighted by molar-refractivity contribution is 5.96. The Balaban J connectivity index is 1.96. The van der Waals surface area contributed by atoms with E-state index in [4.69, 9.17) is 4.52 Å². The van der Waals surface area contributed by atoms with Crippen LogP contribution in [0.1, 0.15) is 59.9 Å². The molecule has 0 aliphatic heterocycles. The highest BCUT2D eigenvalue weighted by Crippen LogP contribution is 2.22. The van der Waals surface area contributed by atoms with Crippen LogP contribution in [0.3, 0.4) is 0 Å². The third kappa shape index (κ3) is 4.00. The molecule has 6 nitrogen and oxygen atoms in total. The molecule has 0 aliphatic carbocycles. The monoisotopic (exact) mass is 318 g/mol. The number of carbonyl (C=O) groups excluding carboxylic acids is 1. The minimum atomic E-state index is -0.118. The van der Waals surface area contributed by atoms with Crippen molar-refractivity contribution in [1.29, 1.82) is 0 Å². The first-order chi connectivity index (χ1) is 10.8. The van der Waals surface area contributed by atoms with E-state index in [2.05, 4.69) is 28.6 Å². The third-order valence-electron chi connectivity index (χ3n) is 3.84. The molecule has 126 valence electrons. The van der Waals surface area contributed by atoms with E-state index in [9.17, 15) is 4.79 Å². The van der Waals surface area contributed by atoms with Gasteiger partial charge in [0.25, 0.3) is 5.91 Å². The Morgan fingerprint density at radius 3 is 2.57 bits per heavy atom. The maximum absolute atomic E-state index is 12.4. The Bertz CT molecular complexity index is 685. The number of nitrogens with one attached hydrogen (secondary N) is 1. The molecule has 2 heterocycles. The molecule has 0 aromatic carbocycles. The van der Waals surface area contributed by atoms with Gasteiger partial charge in [-0.2, -0.15) is 5.10 Å². The van der Waals surface area contributed by atoms with E-state index in [0.29, 0.717) is 23.6 Å². The summed E-state index contributed by atoms with van der Waals surface area (Å²) in [6, 6.07) is 2.06. The number of rotatable bonds is 6. The maximum Gasteiger partial charge on any atom is 0.256 e. The summed E-state index contributed by atoms with van der Waals surface area (Å²) in [6.45, 7) is 13.3. The fourth-order valence-electron chi connectivity index (χ4n) is 2.63. The van der Waals surface area contributed by atoms with Crippen LogP contribution in [-0.4, -0.2) is 27.4 Å². The van der Waals surface area contributed by atoms with Crippen LogP contribution in [0.2, 0.25) is 0 Å². The number of carbonyl (C=O) groups is 1. The summed E-state index contributed by atoms with van der Waals surface area (Å²) in [7, 11) is 0. The lowest BCUT2D eigenvalue weighted by molar-refractivity contribution is 0.0943. The molecular formula is C17H26N4O2. The summed E-state index contributed by atoms with van der Waals surface area (Å²) in [5.74, 6) is 0.933. The van der Waals surface area contributed by atoms with E-state index in [-0.39, 0.29) is 17.7 Å². The zero-order valence-corrected chi connectivity index (χ0v) is 14.8. The van der Waals surface area contributed by atoms with Gasteiger partial charge in [-0.1, -0.05) is 25.9 Å². The second-order valence-corrected chi connectivity index (χ2v) is 6.59. The lowest BCUT2D eigenvalue weighted by Gasteiger charge is -2.14. The fourth-order valence-corrected chi connectivity index (χ4v) is 2.63. The van der Waals surface area contributed by atoms with Crippen LogP contribution in [0.15, 0.2) is 10.6 Å². The molecule has 2 aromatic heterocycles. The number of hydrogen-bond acceptors (Lipinski definition) is 4. The molecule has 0 spiro atoms. The van der Waals surface area contributed by atoms with Crippen molar-refractivity contribution in [3.63, 3.8) is 0 Å². The minimum Gasteiger partial charge on any atom is -0.360 e. The van der Waals surface area contributed by atoms with Gasteiger partial charge in [-0.3, -0.25) is 9.48 Å². The molecule has 2 aromatic rings. The quantitative estimate of drug-likeness (QED) is 0.888. The topological polar surface area (TPSA) is 73.0 Å². The molecule has 0 saturated heterocycles. The smallest absolute Gasteiger partial charge is 0.256 e. The zero-order valence-electron chi connectivity index (χ0n) is 14.8. The van der Waals surface area contributed by atoms with Gasteiger partial charge in [0, 0.05) is 24.7 Å². The van der Waals surface area contributed by atoms with E-state index in [1.807, 2.05) is 32.4 Å². The molecule has 0 fully saturated rings. The van der Waals surface area contributed by atoms with Gasteiger partial charge in [-0.15, -0.1) is 0 Å². The number of aromatic nitrogens is 3. The predicted octanol–water partition coefficient (Wildman–Crippen LogP) is 2.99. The van der Waals surface area contributed by atoms with E-state index >= 15 is 0 Å². The van der Waals surface area contributed by atoms with Crippen LogP contribution >= 0.6 is 0 Å². The van der Waals surface area contributed by atoms with Crippen molar-refractivity contribution in [3.05, 3.63) is 34.5 Å². The first kappa shape index (κ1) is 17.2. The van der Waals surface area contributed by atoms with Crippen molar-refractivity contribution in [1.82, 2.24) is 20.3 Å². The molecule has 0 bridgehead atoms. The number of hydrogen-bond donors (Lipinski definition) is 1. The van der Waals surface area contributed by atoms with Crippen LogP contribution in [0.4, 0.5) is 0 Å². The summed E-state index contributed by atoms with van der Waals surface area (Å²) in [4.78, 5) is 12.4. The third-order valence-corrected chi connectivity index (χ3v) is 3.84. The predicted molar refractivity (Wildman–Crippen MR) is 88.5 cm³/mol. The van der Waals surface area contributed by atoms with Gasteiger partial charge in [0.2, 0.25) is 0 Å². The molecule has 0 aliphatic rings. The molecule has 0 unspecified atom stereocenters. The lowest BCUT2D eigenvalue weighted by atomic mass is 10.0. The number of nitrogens with zero attached hydrogens (tertiary/aromatic N) is 3. The Labute approximate surface area is 137 Å². The summed E-state index contributed by atoms with van der Waals surface area (Å²) < 4.78 is 7.26. The Morgan fingerprint density at radius 2 is 2.00 bits per heavy atom. The molecule has 6 heteroatoms. The van der Waals surface area contributed by atoms with Crippen LogP contribution < -0.4 is 5.32 Å². The van der Waals surface area contributed by atoms with Crippen molar-refractivity contribution in [2.45, 2.75) is 54.0 Å². The SMILES string of the molecule is Cc1cc(C)n(C[C@@H](C)CNC(=O)c2c(C)noc2C(C)C)n1. The van der Waals surface area contributed by atoms with E-state index in [1.54, 1.807) is 6.92 Å². The average molecular weight is 318 g/mol. The second kappa shape index (κ2) is 6.98. The normalized spacial score (nSPS) is 12.7.